The van der Waals surface area contributed by atoms with Crippen molar-refractivity contribution < 1.29 is 26.7 Å². The number of thioether (sulfide) groups is 1. The lowest BCUT2D eigenvalue weighted by Gasteiger charge is -2.09. The maximum atomic E-state index is 13.0. The van der Waals surface area contributed by atoms with Gasteiger partial charge in [-0.25, -0.2) is 13.6 Å². The Morgan fingerprint density at radius 1 is 0.870 bits per heavy atom. The Kier molecular flexibility index (Phi) is 5.09. The zero-order chi connectivity index (χ0) is 17.0. The number of alkyl halides is 3. The van der Waals surface area contributed by atoms with E-state index in [2.05, 4.69) is 10.6 Å². The molecule has 3 nitrogen and oxygen atoms in total. The molecule has 2 rings (SSSR count). The van der Waals surface area contributed by atoms with Crippen molar-refractivity contribution in [3.8, 4) is 0 Å². The molecule has 0 fully saturated rings. The largest absolute Gasteiger partial charge is 0.446 e. The summed E-state index contributed by atoms with van der Waals surface area (Å²) in [5.41, 5.74) is -4.11. The van der Waals surface area contributed by atoms with Gasteiger partial charge in [-0.15, -0.1) is 0 Å². The van der Waals surface area contributed by atoms with Gasteiger partial charge >= 0.3 is 11.5 Å². The lowest BCUT2D eigenvalue weighted by Crippen LogP contribution is -2.19. The first-order valence-corrected chi connectivity index (χ1v) is 6.93. The number of carbonyl (C=O) groups excluding carboxylic acids is 1. The standard InChI is InChI=1S/C14H9F5N2OS/c15-11-6-3-9(7-12(11)16)21-13(22)20-8-1-4-10(5-2-8)23-14(17,18)19/h1-7H,(H2,20,21,22). The fourth-order valence-corrected chi connectivity index (χ4v) is 2.15. The molecule has 0 radical (unpaired) electrons. The molecule has 9 heteroatoms. The average molecular weight is 348 g/mol. The molecule has 0 saturated heterocycles. The van der Waals surface area contributed by atoms with Crippen molar-refractivity contribution in [1.29, 1.82) is 0 Å². The molecule has 2 amide bonds. The first-order chi connectivity index (χ1) is 10.7. The van der Waals surface area contributed by atoms with Crippen LogP contribution in [-0.4, -0.2) is 11.5 Å². The normalized spacial score (nSPS) is 11.2. The summed E-state index contributed by atoms with van der Waals surface area (Å²) in [6, 6.07) is 7.06. The van der Waals surface area contributed by atoms with Crippen molar-refractivity contribution in [2.75, 3.05) is 10.6 Å². The highest BCUT2D eigenvalue weighted by atomic mass is 32.2. The number of halogens is 5. The number of hydrogen-bond acceptors (Lipinski definition) is 2. The molecule has 2 N–H and O–H groups in total. The van der Waals surface area contributed by atoms with Crippen LogP contribution in [0.3, 0.4) is 0 Å². The minimum absolute atomic E-state index is 0.0240. The van der Waals surface area contributed by atoms with Crippen LogP contribution < -0.4 is 10.6 Å². The Hall–Kier alpha value is -2.29. The van der Waals surface area contributed by atoms with Gasteiger partial charge < -0.3 is 10.6 Å². The van der Waals surface area contributed by atoms with Gasteiger partial charge in [0.15, 0.2) is 11.6 Å². The fraction of sp³-hybridized carbons (Fsp3) is 0.0714. The molecule has 0 aromatic heterocycles. The first kappa shape index (κ1) is 17.1. The molecule has 2 aromatic rings. The maximum absolute atomic E-state index is 13.0. The Morgan fingerprint density at radius 2 is 1.43 bits per heavy atom. The molecule has 0 bridgehead atoms. The van der Waals surface area contributed by atoms with Crippen molar-refractivity contribution in [2.24, 2.45) is 0 Å². The maximum Gasteiger partial charge on any atom is 0.446 e. The number of carbonyl (C=O) groups is 1. The van der Waals surface area contributed by atoms with Crippen LogP contribution in [0.15, 0.2) is 47.4 Å². The van der Waals surface area contributed by atoms with E-state index in [1.54, 1.807) is 0 Å². The highest BCUT2D eigenvalue weighted by molar-refractivity contribution is 8.00. The Morgan fingerprint density at radius 3 is 2.00 bits per heavy atom. The summed E-state index contributed by atoms with van der Waals surface area (Å²) in [7, 11) is 0. The third-order valence-corrected chi connectivity index (χ3v) is 3.26. The Bertz CT molecular complexity index is 703. The first-order valence-electron chi connectivity index (χ1n) is 6.12. The van der Waals surface area contributed by atoms with E-state index in [9.17, 15) is 26.7 Å². The quantitative estimate of drug-likeness (QED) is 0.590. The van der Waals surface area contributed by atoms with Crippen molar-refractivity contribution in [3.05, 3.63) is 54.1 Å². The highest BCUT2D eigenvalue weighted by Crippen LogP contribution is 2.37. The zero-order valence-corrected chi connectivity index (χ0v) is 12.1. The number of anilines is 2. The predicted octanol–water partition coefficient (Wildman–Crippen LogP) is 5.22. The van der Waals surface area contributed by atoms with Gasteiger partial charge in [0.2, 0.25) is 0 Å². The summed E-state index contributed by atoms with van der Waals surface area (Å²) in [5.74, 6) is -2.16. The number of rotatable bonds is 3. The summed E-state index contributed by atoms with van der Waals surface area (Å²) < 4.78 is 62.3. The minimum atomic E-state index is -4.39. The zero-order valence-electron chi connectivity index (χ0n) is 11.2. The van der Waals surface area contributed by atoms with E-state index in [1.807, 2.05) is 0 Å². The molecule has 122 valence electrons. The van der Waals surface area contributed by atoms with Crippen LogP contribution in [0.4, 0.5) is 38.1 Å². The van der Waals surface area contributed by atoms with Gasteiger partial charge in [0.25, 0.3) is 0 Å². The van der Waals surface area contributed by atoms with Gasteiger partial charge in [-0.3, -0.25) is 0 Å². The van der Waals surface area contributed by atoms with E-state index in [0.717, 1.165) is 12.1 Å². The van der Waals surface area contributed by atoms with E-state index in [-0.39, 0.29) is 28.0 Å². The van der Waals surface area contributed by atoms with Gasteiger partial charge in [0, 0.05) is 22.3 Å². The monoisotopic (exact) mass is 348 g/mol. The third kappa shape index (κ3) is 5.44. The molecule has 2 aromatic carbocycles. The fourth-order valence-electron chi connectivity index (χ4n) is 1.61. The molecular weight excluding hydrogens is 339 g/mol. The Labute approximate surface area is 131 Å². The number of amides is 2. The summed E-state index contributed by atoms with van der Waals surface area (Å²) in [5, 5.41) is 4.63. The summed E-state index contributed by atoms with van der Waals surface area (Å²) in [6.07, 6.45) is 0. The summed E-state index contributed by atoms with van der Waals surface area (Å²) >= 11 is -0.272. The number of nitrogens with one attached hydrogen (secondary N) is 2. The number of hydrogen-bond donors (Lipinski definition) is 2. The van der Waals surface area contributed by atoms with Crippen LogP contribution in [0.5, 0.6) is 0 Å². The topological polar surface area (TPSA) is 41.1 Å². The molecule has 0 aliphatic heterocycles. The summed E-state index contributed by atoms with van der Waals surface area (Å²) in [4.78, 5) is 11.6. The molecule has 0 unspecified atom stereocenters. The van der Waals surface area contributed by atoms with Crippen LogP contribution in [0.25, 0.3) is 0 Å². The predicted molar refractivity (Wildman–Crippen MR) is 77.4 cm³/mol. The molecule has 0 heterocycles. The smallest absolute Gasteiger partial charge is 0.308 e. The second-order valence-corrected chi connectivity index (χ2v) is 5.42. The van der Waals surface area contributed by atoms with Crippen molar-refractivity contribution in [3.63, 3.8) is 0 Å². The second-order valence-electron chi connectivity index (χ2n) is 4.28. The molecule has 0 saturated carbocycles. The van der Waals surface area contributed by atoms with Crippen LogP contribution in [0.1, 0.15) is 0 Å². The van der Waals surface area contributed by atoms with Crippen LogP contribution in [0.2, 0.25) is 0 Å². The van der Waals surface area contributed by atoms with Gasteiger partial charge in [0.05, 0.1) is 0 Å². The molecule has 0 aliphatic carbocycles. The Balaban J connectivity index is 1.96. The number of urea groups is 1. The van der Waals surface area contributed by atoms with Gasteiger partial charge in [0.1, 0.15) is 0 Å². The van der Waals surface area contributed by atoms with Crippen LogP contribution >= 0.6 is 11.8 Å². The van der Waals surface area contributed by atoms with Gasteiger partial charge in [-0.2, -0.15) is 13.2 Å². The van der Waals surface area contributed by atoms with Gasteiger partial charge in [-0.05, 0) is 48.2 Å². The number of benzene rings is 2. The lowest BCUT2D eigenvalue weighted by atomic mass is 10.3. The SMILES string of the molecule is O=C(Nc1ccc(SC(F)(F)F)cc1)Nc1ccc(F)c(F)c1. The van der Waals surface area contributed by atoms with Crippen molar-refractivity contribution in [2.45, 2.75) is 10.4 Å². The molecule has 0 spiro atoms. The van der Waals surface area contributed by atoms with Crippen LogP contribution in [0, 0.1) is 11.6 Å². The molecular formula is C14H9F5N2OS. The van der Waals surface area contributed by atoms with Crippen molar-refractivity contribution in [1.82, 2.24) is 0 Å². The van der Waals surface area contributed by atoms with E-state index >= 15 is 0 Å². The van der Waals surface area contributed by atoms with Crippen molar-refractivity contribution >= 4 is 29.2 Å². The van der Waals surface area contributed by atoms with Gasteiger partial charge in [-0.1, -0.05) is 0 Å². The minimum Gasteiger partial charge on any atom is -0.308 e. The third-order valence-electron chi connectivity index (χ3n) is 2.52. The second kappa shape index (κ2) is 6.86. The van der Waals surface area contributed by atoms with E-state index in [4.69, 9.17) is 0 Å². The van der Waals surface area contributed by atoms with Crippen LogP contribution in [-0.2, 0) is 0 Å². The molecule has 23 heavy (non-hydrogen) atoms. The van der Waals surface area contributed by atoms with E-state index in [0.29, 0.717) is 0 Å². The molecule has 0 atom stereocenters. The van der Waals surface area contributed by atoms with E-state index in [1.165, 1.54) is 30.3 Å². The summed E-state index contributed by atoms with van der Waals surface area (Å²) in [6.45, 7) is 0. The van der Waals surface area contributed by atoms with E-state index < -0.39 is 23.2 Å². The average Bonchev–Trinajstić information content (AvgIpc) is 2.43. The highest BCUT2D eigenvalue weighted by Gasteiger charge is 2.29. The lowest BCUT2D eigenvalue weighted by molar-refractivity contribution is -0.0328. The molecule has 0 aliphatic rings.